The summed E-state index contributed by atoms with van der Waals surface area (Å²) in [6.07, 6.45) is 3.27. The van der Waals surface area contributed by atoms with Gasteiger partial charge in [-0.25, -0.2) is 9.97 Å². The zero-order valence-electron chi connectivity index (χ0n) is 9.19. The number of nitrogen functional groups attached to an aromatic ring is 1. The first-order chi connectivity index (χ1) is 8.24. The zero-order valence-corrected chi connectivity index (χ0v) is 12.2. The van der Waals surface area contributed by atoms with Crippen molar-refractivity contribution in [2.45, 2.75) is 25.2 Å². The Hall–Kier alpha value is -0.690. The molecule has 1 saturated carbocycles. The lowest BCUT2D eigenvalue weighted by Crippen LogP contribution is -2.06. The summed E-state index contributed by atoms with van der Waals surface area (Å²) in [7, 11) is 0. The Morgan fingerprint density at radius 1 is 1.41 bits per heavy atom. The van der Waals surface area contributed by atoms with E-state index in [1.165, 1.54) is 17.7 Å². The van der Waals surface area contributed by atoms with Gasteiger partial charge in [0, 0.05) is 17.2 Å². The maximum atomic E-state index is 5.96. The number of hydrogen-bond donors (Lipinski definition) is 1. The molecule has 0 spiro atoms. The molecule has 0 atom stereocenters. The Labute approximate surface area is 118 Å². The van der Waals surface area contributed by atoms with Gasteiger partial charge in [-0.2, -0.15) is 0 Å². The highest BCUT2D eigenvalue weighted by molar-refractivity contribution is 14.1. The number of anilines is 1. The van der Waals surface area contributed by atoms with Crippen molar-refractivity contribution in [2.24, 2.45) is 0 Å². The summed E-state index contributed by atoms with van der Waals surface area (Å²) < 4.78 is 1.04. The van der Waals surface area contributed by atoms with Crippen molar-refractivity contribution >= 4 is 39.7 Å². The van der Waals surface area contributed by atoms with E-state index in [2.05, 4.69) is 50.1 Å². The summed E-state index contributed by atoms with van der Waals surface area (Å²) >= 11 is 3.99. The maximum absolute atomic E-state index is 5.96. The number of nitrogens with two attached hydrogens (primary N) is 1. The Kier molecular flexibility index (Phi) is 3.04. The highest BCUT2D eigenvalue weighted by Gasteiger charge is 2.28. The second kappa shape index (κ2) is 4.53. The summed E-state index contributed by atoms with van der Waals surface area (Å²) in [5, 5.41) is 2.08. The molecule has 3 rings (SSSR count). The number of halogens is 1. The highest BCUT2D eigenvalue weighted by Crippen LogP contribution is 2.41. The van der Waals surface area contributed by atoms with Crippen LogP contribution in [-0.4, -0.2) is 9.97 Å². The summed E-state index contributed by atoms with van der Waals surface area (Å²) in [6, 6.07) is 4.16. The third kappa shape index (κ3) is 2.44. The lowest BCUT2D eigenvalue weighted by molar-refractivity contribution is 0.900. The van der Waals surface area contributed by atoms with Crippen LogP contribution in [0.25, 0.3) is 0 Å². The second-order valence-corrected chi connectivity index (χ2v) is 6.37. The van der Waals surface area contributed by atoms with E-state index < -0.39 is 0 Å². The molecule has 1 fully saturated rings. The normalized spacial score (nSPS) is 15.1. The molecular formula is C12H12IN3S. The van der Waals surface area contributed by atoms with E-state index in [4.69, 9.17) is 5.73 Å². The minimum absolute atomic E-state index is 0.620. The van der Waals surface area contributed by atoms with Crippen molar-refractivity contribution in [3.05, 3.63) is 37.5 Å². The second-order valence-electron chi connectivity index (χ2n) is 4.25. The molecule has 5 heteroatoms. The van der Waals surface area contributed by atoms with Gasteiger partial charge in [-0.15, -0.1) is 11.3 Å². The molecule has 17 heavy (non-hydrogen) atoms. The van der Waals surface area contributed by atoms with Crippen LogP contribution in [-0.2, 0) is 6.42 Å². The van der Waals surface area contributed by atoms with Gasteiger partial charge in [0.2, 0.25) is 0 Å². The van der Waals surface area contributed by atoms with Crippen molar-refractivity contribution in [3.8, 4) is 0 Å². The van der Waals surface area contributed by atoms with Crippen molar-refractivity contribution in [1.82, 2.24) is 9.97 Å². The van der Waals surface area contributed by atoms with Crippen LogP contribution in [0.4, 0.5) is 5.82 Å². The van der Waals surface area contributed by atoms with E-state index in [9.17, 15) is 0 Å². The SMILES string of the molecule is Nc1nc(Cc2cccs2)nc(C2CC2)c1I. The van der Waals surface area contributed by atoms with Crippen LogP contribution in [0, 0.1) is 3.57 Å². The first kappa shape index (κ1) is 11.4. The Balaban J connectivity index is 1.94. The minimum Gasteiger partial charge on any atom is -0.383 e. The molecule has 0 saturated heterocycles. The molecule has 0 aromatic carbocycles. The minimum atomic E-state index is 0.620. The van der Waals surface area contributed by atoms with Gasteiger partial charge in [0.05, 0.1) is 9.26 Å². The van der Waals surface area contributed by atoms with Gasteiger partial charge in [-0.1, -0.05) is 6.07 Å². The third-order valence-electron chi connectivity index (χ3n) is 2.83. The van der Waals surface area contributed by atoms with Gasteiger partial charge >= 0.3 is 0 Å². The van der Waals surface area contributed by atoms with Crippen molar-refractivity contribution < 1.29 is 0 Å². The Bertz CT molecular complexity index is 535. The standard InChI is InChI=1S/C12H12IN3S/c13-10-11(7-3-4-7)15-9(16-12(10)14)6-8-2-1-5-17-8/h1-2,5,7H,3-4,6H2,(H2,14,15,16). The van der Waals surface area contributed by atoms with E-state index in [1.54, 1.807) is 11.3 Å². The third-order valence-corrected chi connectivity index (χ3v) is 4.81. The maximum Gasteiger partial charge on any atom is 0.140 e. The van der Waals surface area contributed by atoms with Crippen LogP contribution < -0.4 is 5.73 Å². The van der Waals surface area contributed by atoms with E-state index >= 15 is 0 Å². The van der Waals surface area contributed by atoms with E-state index in [-0.39, 0.29) is 0 Å². The van der Waals surface area contributed by atoms with E-state index in [0.717, 1.165) is 21.5 Å². The number of rotatable bonds is 3. The molecule has 0 bridgehead atoms. The Morgan fingerprint density at radius 3 is 2.88 bits per heavy atom. The fraction of sp³-hybridized carbons (Fsp3) is 0.333. The monoisotopic (exact) mass is 357 g/mol. The predicted molar refractivity (Wildman–Crippen MR) is 78.3 cm³/mol. The lowest BCUT2D eigenvalue weighted by atomic mass is 10.2. The van der Waals surface area contributed by atoms with Crippen LogP contribution in [0.2, 0.25) is 0 Å². The number of aromatic nitrogens is 2. The molecule has 0 radical (unpaired) electrons. The van der Waals surface area contributed by atoms with E-state index in [0.29, 0.717) is 11.7 Å². The molecule has 0 amide bonds. The van der Waals surface area contributed by atoms with Crippen LogP contribution >= 0.6 is 33.9 Å². The average molecular weight is 357 g/mol. The number of nitrogens with zero attached hydrogens (tertiary/aromatic N) is 2. The zero-order chi connectivity index (χ0) is 11.8. The van der Waals surface area contributed by atoms with Crippen LogP contribution in [0.5, 0.6) is 0 Å². The molecule has 3 nitrogen and oxygen atoms in total. The number of thiophene rings is 1. The molecule has 2 aromatic rings. The number of hydrogen-bond acceptors (Lipinski definition) is 4. The van der Waals surface area contributed by atoms with Crippen molar-refractivity contribution in [2.75, 3.05) is 5.73 Å². The van der Waals surface area contributed by atoms with Crippen LogP contribution in [0.3, 0.4) is 0 Å². The Morgan fingerprint density at radius 2 is 2.24 bits per heavy atom. The molecule has 88 valence electrons. The molecule has 2 heterocycles. The molecule has 0 aliphatic heterocycles. The molecule has 0 unspecified atom stereocenters. The fourth-order valence-electron chi connectivity index (χ4n) is 1.81. The highest BCUT2D eigenvalue weighted by atomic mass is 127. The summed E-state index contributed by atoms with van der Waals surface area (Å²) in [6.45, 7) is 0. The van der Waals surface area contributed by atoms with Gasteiger partial charge in [-0.3, -0.25) is 0 Å². The molecule has 1 aliphatic carbocycles. The molecule has 1 aliphatic rings. The largest absolute Gasteiger partial charge is 0.383 e. The fourth-order valence-corrected chi connectivity index (χ4v) is 3.19. The molecule has 2 N–H and O–H groups in total. The van der Waals surface area contributed by atoms with Gasteiger partial charge in [-0.05, 0) is 46.9 Å². The first-order valence-corrected chi connectivity index (χ1v) is 7.54. The average Bonchev–Trinajstić information content (AvgIpc) is 3.02. The summed E-state index contributed by atoms with van der Waals surface area (Å²) in [5.41, 5.74) is 7.12. The lowest BCUT2D eigenvalue weighted by Gasteiger charge is -2.07. The molecular weight excluding hydrogens is 345 g/mol. The van der Waals surface area contributed by atoms with Gasteiger partial charge in [0.15, 0.2) is 0 Å². The van der Waals surface area contributed by atoms with Crippen LogP contribution in [0.1, 0.15) is 35.2 Å². The smallest absolute Gasteiger partial charge is 0.140 e. The first-order valence-electron chi connectivity index (χ1n) is 5.58. The predicted octanol–water partition coefficient (Wildman–Crippen LogP) is 3.19. The summed E-state index contributed by atoms with van der Waals surface area (Å²) in [5.74, 6) is 2.11. The summed E-state index contributed by atoms with van der Waals surface area (Å²) in [4.78, 5) is 10.3. The topological polar surface area (TPSA) is 51.8 Å². The van der Waals surface area contributed by atoms with Gasteiger partial charge in [0.1, 0.15) is 11.6 Å². The van der Waals surface area contributed by atoms with Crippen molar-refractivity contribution in [3.63, 3.8) is 0 Å². The van der Waals surface area contributed by atoms with Gasteiger partial charge < -0.3 is 5.73 Å². The van der Waals surface area contributed by atoms with E-state index in [1.807, 2.05) is 0 Å². The quantitative estimate of drug-likeness (QED) is 0.859. The van der Waals surface area contributed by atoms with Crippen molar-refractivity contribution in [1.29, 1.82) is 0 Å². The van der Waals surface area contributed by atoms with Crippen LogP contribution in [0.15, 0.2) is 17.5 Å². The van der Waals surface area contributed by atoms with Gasteiger partial charge in [0.25, 0.3) is 0 Å². The molecule has 2 aromatic heterocycles.